The van der Waals surface area contributed by atoms with E-state index in [0.29, 0.717) is 63.2 Å². The lowest BCUT2D eigenvalue weighted by Crippen LogP contribution is -2.02. The van der Waals surface area contributed by atoms with Crippen LogP contribution in [-0.2, 0) is 25.5 Å². The number of aliphatic hydroxyl groups is 1. The molecule has 0 amide bonds. The molecule has 2 aliphatic rings. The fourth-order valence-corrected chi connectivity index (χ4v) is 5.75. The molecule has 1 unspecified atom stereocenters. The second-order valence-electron chi connectivity index (χ2n) is 11.0. The number of aryl methyl sites for hydroxylation is 3. The third-order valence-corrected chi connectivity index (χ3v) is 8.23. The molecule has 43 heavy (non-hydrogen) atoms. The van der Waals surface area contributed by atoms with Gasteiger partial charge in [-0.3, -0.25) is 9.59 Å². The molecule has 0 radical (unpaired) electrons. The first-order chi connectivity index (χ1) is 21.4. The molecule has 0 saturated heterocycles. The number of aromatic nitrogens is 4. The van der Waals surface area contributed by atoms with Gasteiger partial charge in [0.1, 0.15) is 0 Å². The first-order valence-corrected chi connectivity index (χ1v) is 14.3. The average molecular weight is 585 g/mol. The molecular formula is C34H38N4O5. The molecule has 0 aromatic carbocycles. The molecule has 2 aliphatic heterocycles. The zero-order valence-electron chi connectivity index (χ0n) is 27.7. The highest BCUT2D eigenvalue weighted by molar-refractivity contribution is 5.94. The van der Waals surface area contributed by atoms with Crippen LogP contribution in [0.4, 0.5) is 0 Å². The fraction of sp³-hybridized carbons (Fsp3) is 0.353. The summed E-state index contributed by atoms with van der Waals surface area (Å²) in [6.45, 7) is 9.34. The third-order valence-electron chi connectivity index (χ3n) is 8.23. The quantitative estimate of drug-likeness (QED) is 0.269. The highest BCUT2D eigenvalue weighted by Gasteiger charge is 2.21. The minimum absolute atomic E-state index is 0.141. The molecule has 3 aromatic rings. The fourth-order valence-electron chi connectivity index (χ4n) is 5.75. The van der Waals surface area contributed by atoms with Crippen molar-refractivity contribution in [2.24, 2.45) is 0 Å². The minimum Gasteiger partial charge on any atom is -0.469 e. The number of nitrogens with one attached hydrogen (secondary N) is 2. The van der Waals surface area contributed by atoms with E-state index in [1.165, 1.54) is 24.2 Å². The number of hydrogen-bond donors (Lipinski definition) is 3. The molecule has 1 atom stereocenters. The maximum atomic E-state index is 12.2. The molecule has 0 fully saturated rings. The van der Waals surface area contributed by atoms with Crippen LogP contribution < -0.4 is 0 Å². The normalized spacial score (nSPS) is 14.3. The maximum Gasteiger partial charge on any atom is 0.305 e. The molecule has 8 bridgehead atoms. The van der Waals surface area contributed by atoms with Gasteiger partial charge in [0.25, 0.3) is 0 Å². The van der Waals surface area contributed by atoms with Crippen molar-refractivity contribution in [3.8, 4) is 0 Å². The van der Waals surface area contributed by atoms with Gasteiger partial charge in [-0.25, -0.2) is 9.97 Å². The van der Waals surface area contributed by atoms with Gasteiger partial charge in [-0.1, -0.05) is 0 Å². The summed E-state index contributed by atoms with van der Waals surface area (Å²) in [5, 5.41) is 10.8. The Morgan fingerprint density at radius 3 is 2.12 bits per heavy atom. The number of rotatable bonds is 7. The Morgan fingerprint density at radius 1 is 0.837 bits per heavy atom. The molecule has 0 spiro atoms. The summed E-state index contributed by atoms with van der Waals surface area (Å²) < 4.78 is 28.1. The van der Waals surface area contributed by atoms with Gasteiger partial charge in [0.15, 0.2) is 2.82 Å². The van der Waals surface area contributed by atoms with Gasteiger partial charge in [-0.05, 0) is 111 Å². The van der Waals surface area contributed by atoms with Crippen LogP contribution in [0.25, 0.3) is 44.9 Å². The number of methoxy groups -OCH3 is 2. The molecule has 224 valence electrons. The van der Waals surface area contributed by atoms with E-state index in [2.05, 4.69) is 0 Å². The van der Waals surface area contributed by atoms with Crippen molar-refractivity contribution in [3.05, 3.63) is 69.3 Å². The van der Waals surface area contributed by atoms with Crippen molar-refractivity contribution in [1.82, 2.24) is 19.9 Å². The smallest absolute Gasteiger partial charge is 0.305 e. The number of H-pyrrole nitrogens is 2. The van der Waals surface area contributed by atoms with Crippen molar-refractivity contribution in [2.75, 3.05) is 14.2 Å². The van der Waals surface area contributed by atoms with E-state index in [0.717, 1.165) is 33.4 Å². The summed E-state index contributed by atoms with van der Waals surface area (Å²) in [6, 6.07) is 7.30. The van der Waals surface area contributed by atoms with Gasteiger partial charge >= 0.3 is 11.9 Å². The Labute approximate surface area is 253 Å². The summed E-state index contributed by atoms with van der Waals surface area (Å²) in [4.78, 5) is 36.8. The number of fused-ring (bicyclic) bond motifs is 8. The van der Waals surface area contributed by atoms with Gasteiger partial charge in [0.2, 0.25) is 0 Å². The van der Waals surface area contributed by atoms with E-state index >= 15 is 0 Å². The third kappa shape index (κ3) is 5.90. The molecular weight excluding hydrogens is 544 g/mol. The SMILES string of the molecule is [2H]n1c2cc3nc(cc4c(C(C)O)c(C)c(cc5nc(cc1c(CCC(=O)OC)c2C)C(CCC(=O)OC)=C5C)n4[2H])C(C)=C3. The second-order valence-corrected chi connectivity index (χ2v) is 11.0. The topological polar surface area (TPSA) is 130 Å². The summed E-state index contributed by atoms with van der Waals surface area (Å²) in [5.74, 6) is -0.701. The number of carbonyl (C=O) groups excluding carboxylic acids is 2. The zero-order chi connectivity index (χ0) is 32.7. The molecule has 3 N–H and O–H groups in total. The van der Waals surface area contributed by atoms with E-state index in [1.807, 2.05) is 58.0 Å². The molecule has 9 heteroatoms. The lowest BCUT2D eigenvalue weighted by atomic mass is 10.00. The number of nitrogens with zero attached hydrogens (tertiary/aromatic N) is 2. The van der Waals surface area contributed by atoms with E-state index in [4.69, 9.17) is 20.9 Å². The van der Waals surface area contributed by atoms with Crippen molar-refractivity contribution in [2.45, 2.75) is 66.4 Å². The lowest BCUT2D eigenvalue weighted by molar-refractivity contribution is -0.141. The Bertz CT molecular complexity index is 1970. The minimum atomic E-state index is -0.831. The van der Waals surface area contributed by atoms with E-state index < -0.39 is 6.10 Å². The van der Waals surface area contributed by atoms with Gasteiger partial charge in [0, 0.05) is 40.5 Å². The highest BCUT2D eigenvalue weighted by Crippen LogP contribution is 2.36. The Hall–Kier alpha value is -4.50. The summed E-state index contributed by atoms with van der Waals surface area (Å²) >= 11 is 0. The number of ether oxygens (including phenoxy) is 2. The molecule has 0 saturated carbocycles. The summed E-state index contributed by atoms with van der Waals surface area (Å²) in [7, 11) is 2.70. The lowest BCUT2D eigenvalue weighted by Gasteiger charge is -2.05. The first kappa shape index (κ1) is 27.3. The molecule has 5 rings (SSSR count). The predicted molar refractivity (Wildman–Crippen MR) is 169 cm³/mol. The standard InChI is InChI=1S/C34H38N4O5/c1-17-12-22-13-26-18(2)23(8-10-32(40)42-6)29(36-26)16-30-24(9-11-33(41)43-7)19(3)27(37-30)15-28-20(4)34(21(5)39)31(38-28)14-25(17)35-22/h12-16,21,36,38-39H,8-11H2,1-7H3/i/hD2. The monoisotopic (exact) mass is 584 g/mol. The zero-order valence-corrected chi connectivity index (χ0v) is 25.7. The van der Waals surface area contributed by atoms with Crippen molar-refractivity contribution >= 4 is 56.8 Å². The van der Waals surface area contributed by atoms with E-state index in [9.17, 15) is 16.1 Å². The highest BCUT2D eigenvalue weighted by atomic mass is 16.5. The number of hydrogen-bond acceptors (Lipinski definition) is 7. The number of aliphatic hydroxyl groups excluding tert-OH is 1. The van der Waals surface area contributed by atoms with Crippen LogP contribution >= 0.6 is 0 Å². The van der Waals surface area contributed by atoms with Crippen LogP contribution in [0.15, 0.2) is 24.3 Å². The number of allylic oxidation sites excluding steroid dienone is 3. The predicted octanol–water partition coefficient (Wildman–Crippen LogP) is 6.53. The van der Waals surface area contributed by atoms with Gasteiger partial charge in [-0.2, -0.15) is 0 Å². The second kappa shape index (κ2) is 12.0. The van der Waals surface area contributed by atoms with Crippen LogP contribution in [0.5, 0.6) is 0 Å². The molecule has 9 nitrogen and oxygen atoms in total. The van der Waals surface area contributed by atoms with Crippen molar-refractivity contribution in [1.29, 1.82) is 0 Å². The number of esters is 2. The van der Waals surface area contributed by atoms with Gasteiger partial charge in [-0.15, -0.1) is 0 Å². The van der Waals surface area contributed by atoms with E-state index in [1.54, 1.807) is 6.92 Å². The maximum absolute atomic E-state index is 12.2. The Kier molecular flexibility index (Phi) is 7.64. The summed E-state index contributed by atoms with van der Waals surface area (Å²) in [5.41, 5.74) is 10.3. The van der Waals surface area contributed by atoms with Crippen LogP contribution in [0.3, 0.4) is 0 Å². The van der Waals surface area contributed by atoms with Gasteiger partial charge in [0.05, 0.1) is 43.1 Å². The number of carbonyl (C=O) groups is 2. The van der Waals surface area contributed by atoms with Crippen molar-refractivity contribution in [3.63, 3.8) is 0 Å². The van der Waals surface area contributed by atoms with Crippen LogP contribution in [-0.4, -0.2) is 51.2 Å². The first-order valence-electron chi connectivity index (χ1n) is 15.2. The Morgan fingerprint density at radius 2 is 1.44 bits per heavy atom. The van der Waals surface area contributed by atoms with E-state index in [-0.39, 0.29) is 24.8 Å². The molecule has 3 aromatic heterocycles. The molecule has 0 aliphatic carbocycles. The number of aromatic amines is 2. The van der Waals surface area contributed by atoms with Crippen LogP contribution in [0.2, 0.25) is 2.82 Å². The van der Waals surface area contributed by atoms with Gasteiger partial charge < -0.3 is 24.5 Å². The largest absolute Gasteiger partial charge is 0.469 e. The average Bonchev–Trinajstić information content (AvgIpc) is 3.64. The summed E-state index contributed by atoms with van der Waals surface area (Å²) in [6.07, 6.45) is 2.09. The molecule has 5 heterocycles. The van der Waals surface area contributed by atoms with Crippen molar-refractivity contribution < 1.29 is 27.0 Å². The van der Waals surface area contributed by atoms with Crippen LogP contribution in [0, 0.1) is 13.8 Å². The Balaban J connectivity index is 1.94. The van der Waals surface area contributed by atoms with Crippen LogP contribution in [0.1, 0.15) is 91.2 Å².